The zero-order valence-electron chi connectivity index (χ0n) is 8.82. The standard InChI is InChI=1S/C12H19.Zr/c1-3-5-7-12-9-8-11(10-12)6-4-2;/h9H,3-8H2,1-2H3;/q-1;. The Balaban J connectivity index is 0.00000144. The van der Waals surface area contributed by atoms with Crippen LogP contribution < -0.4 is 0 Å². The minimum absolute atomic E-state index is 0. The third-order valence-corrected chi connectivity index (χ3v) is 2.28. The molecule has 1 rings (SSSR count). The SMILES string of the molecule is CCCCC1=CCC(CCC)=[C-]1.[Zr]. The first-order chi connectivity index (χ1) is 5.86. The molecule has 0 aliphatic heterocycles. The Morgan fingerprint density at radius 3 is 2.62 bits per heavy atom. The second-order valence-corrected chi connectivity index (χ2v) is 3.52. The van der Waals surface area contributed by atoms with Crippen LogP contribution in [0, 0.1) is 6.08 Å². The molecule has 0 spiro atoms. The number of rotatable bonds is 5. The fraction of sp³-hybridized carbons (Fsp3) is 0.667. The van der Waals surface area contributed by atoms with Gasteiger partial charge in [0.25, 0.3) is 0 Å². The fourth-order valence-electron chi connectivity index (χ4n) is 1.57. The van der Waals surface area contributed by atoms with Crippen LogP contribution in [0.15, 0.2) is 17.2 Å². The van der Waals surface area contributed by atoms with Gasteiger partial charge in [-0.1, -0.05) is 52.4 Å². The summed E-state index contributed by atoms with van der Waals surface area (Å²) in [4.78, 5) is 0. The summed E-state index contributed by atoms with van der Waals surface area (Å²) >= 11 is 0. The third kappa shape index (κ3) is 4.96. The van der Waals surface area contributed by atoms with Crippen molar-refractivity contribution < 1.29 is 26.2 Å². The zero-order chi connectivity index (χ0) is 8.81. The Hall–Kier alpha value is 0.363. The van der Waals surface area contributed by atoms with E-state index in [0.29, 0.717) is 0 Å². The van der Waals surface area contributed by atoms with E-state index in [2.05, 4.69) is 26.0 Å². The topological polar surface area (TPSA) is 0 Å². The summed E-state index contributed by atoms with van der Waals surface area (Å²) in [6, 6.07) is 0. The second kappa shape index (κ2) is 7.74. The van der Waals surface area contributed by atoms with E-state index < -0.39 is 0 Å². The van der Waals surface area contributed by atoms with Crippen LogP contribution in [0.2, 0.25) is 0 Å². The monoisotopic (exact) mass is 253 g/mol. The minimum atomic E-state index is 0. The summed E-state index contributed by atoms with van der Waals surface area (Å²) in [6.07, 6.45) is 13.4. The average molecular weight is 255 g/mol. The molecule has 1 heteroatoms. The number of allylic oxidation sites excluding steroid dienone is 4. The van der Waals surface area contributed by atoms with Gasteiger partial charge in [0, 0.05) is 26.2 Å². The van der Waals surface area contributed by atoms with Gasteiger partial charge >= 0.3 is 0 Å². The second-order valence-electron chi connectivity index (χ2n) is 3.52. The average Bonchev–Trinajstić information content (AvgIpc) is 2.50. The molecule has 0 saturated heterocycles. The van der Waals surface area contributed by atoms with Gasteiger partial charge in [-0.25, -0.2) is 17.7 Å². The van der Waals surface area contributed by atoms with Crippen molar-refractivity contribution in [1.29, 1.82) is 0 Å². The fourth-order valence-corrected chi connectivity index (χ4v) is 1.57. The maximum Gasteiger partial charge on any atom is 0 e. The summed E-state index contributed by atoms with van der Waals surface area (Å²) in [7, 11) is 0. The van der Waals surface area contributed by atoms with Crippen LogP contribution in [0.25, 0.3) is 0 Å². The van der Waals surface area contributed by atoms with Crippen LogP contribution in [0.3, 0.4) is 0 Å². The van der Waals surface area contributed by atoms with E-state index in [0.717, 1.165) is 0 Å². The molecule has 13 heavy (non-hydrogen) atoms. The zero-order valence-corrected chi connectivity index (χ0v) is 11.3. The van der Waals surface area contributed by atoms with E-state index in [4.69, 9.17) is 0 Å². The van der Waals surface area contributed by atoms with Crippen molar-refractivity contribution in [2.45, 2.75) is 52.4 Å². The van der Waals surface area contributed by atoms with Crippen LogP contribution in [-0.4, -0.2) is 0 Å². The number of hydrogen-bond donors (Lipinski definition) is 0. The molecule has 0 unspecified atom stereocenters. The molecular weight excluding hydrogens is 235 g/mol. The van der Waals surface area contributed by atoms with Crippen molar-refractivity contribution in [1.82, 2.24) is 0 Å². The van der Waals surface area contributed by atoms with Crippen molar-refractivity contribution in [3.05, 3.63) is 23.3 Å². The van der Waals surface area contributed by atoms with Gasteiger partial charge in [0.05, 0.1) is 0 Å². The first-order valence-corrected chi connectivity index (χ1v) is 5.17. The van der Waals surface area contributed by atoms with Crippen molar-refractivity contribution in [2.75, 3.05) is 0 Å². The molecule has 0 N–H and O–H groups in total. The van der Waals surface area contributed by atoms with Crippen molar-refractivity contribution in [3.63, 3.8) is 0 Å². The molecule has 0 radical (unpaired) electrons. The van der Waals surface area contributed by atoms with E-state index in [1.165, 1.54) is 49.7 Å². The first-order valence-electron chi connectivity index (χ1n) is 5.17. The Morgan fingerprint density at radius 2 is 2.00 bits per heavy atom. The van der Waals surface area contributed by atoms with Crippen molar-refractivity contribution in [2.24, 2.45) is 0 Å². The molecule has 0 saturated carbocycles. The first kappa shape index (κ1) is 13.4. The molecule has 0 aromatic rings. The maximum atomic E-state index is 3.50. The summed E-state index contributed by atoms with van der Waals surface area (Å²) in [6.45, 7) is 4.48. The van der Waals surface area contributed by atoms with Crippen LogP contribution in [0.4, 0.5) is 0 Å². The molecule has 0 fully saturated rings. The number of hydrogen-bond acceptors (Lipinski definition) is 0. The van der Waals surface area contributed by atoms with E-state index >= 15 is 0 Å². The predicted molar refractivity (Wildman–Crippen MR) is 53.9 cm³/mol. The Morgan fingerprint density at radius 1 is 1.23 bits per heavy atom. The van der Waals surface area contributed by atoms with Crippen LogP contribution in [-0.2, 0) is 26.2 Å². The van der Waals surface area contributed by atoms with Gasteiger partial charge in [0.15, 0.2) is 0 Å². The molecule has 1 aliphatic carbocycles. The van der Waals surface area contributed by atoms with E-state index in [-0.39, 0.29) is 26.2 Å². The molecule has 0 aromatic carbocycles. The molecule has 0 amide bonds. The predicted octanol–water partition coefficient (Wildman–Crippen LogP) is 4.03. The molecular formula is C12H19Zr-. The number of unbranched alkanes of at least 4 members (excludes halogenated alkanes) is 1. The molecule has 0 aromatic heterocycles. The molecule has 0 atom stereocenters. The Kier molecular flexibility index (Phi) is 7.95. The van der Waals surface area contributed by atoms with Gasteiger partial charge in [-0.3, -0.25) is 0 Å². The van der Waals surface area contributed by atoms with Gasteiger partial charge in [0.2, 0.25) is 0 Å². The van der Waals surface area contributed by atoms with Gasteiger partial charge in [0.1, 0.15) is 0 Å². The van der Waals surface area contributed by atoms with Crippen LogP contribution >= 0.6 is 0 Å². The van der Waals surface area contributed by atoms with Gasteiger partial charge in [-0.2, -0.15) is 5.57 Å². The summed E-state index contributed by atoms with van der Waals surface area (Å²) in [5.41, 5.74) is 2.98. The quantitative estimate of drug-likeness (QED) is 0.650. The van der Waals surface area contributed by atoms with E-state index in [9.17, 15) is 0 Å². The summed E-state index contributed by atoms with van der Waals surface area (Å²) < 4.78 is 0. The molecule has 1 aliphatic rings. The summed E-state index contributed by atoms with van der Waals surface area (Å²) in [5.74, 6) is 0. The largest absolute Gasteiger partial charge is 0.250 e. The van der Waals surface area contributed by atoms with Crippen LogP contribution in [0.1, 0.15) is 52.4 Å². The molecule has 0 heterocycles. The molecule has 0 nitrogen and oxygen atoms in total. The molecule has 72 valence electrons. The smallest absolute Gasteiger partial charge is 0 e. The van der Waals surface area contributed by atoms with Gasteiger partial charge in [-0.05, 0) is 0 Å². The minimum Gasteiger partial charge on any atom is -0.250 e. The Bertz CT molecular complexity index is 189. The third-order valence-electron chi connectivity index (χ3n) is 2.28. The van der Waals surface area contributed by atoms with E-state index in [1.54, 1.807) is 0 Å². The molecule has 0 bridgehead atoms. The van der Waals surface area contributed by atoms with Crippen molar-refractivity contribution in [3.8, 4) is 0 Å². The normalized spacial score (nSPS) is 14.9. The summed E-state index contributed by atoms with van der Waals surface area (Å²) in [5, 5.41) is 0. The van der Waals surface area contributed by atoms with Crippen molar-refractivity contribution >= 4 is 0 Å². The van der Waals surface area contributed by atoms with E-state index in [1.807, 2.05) is 0 Å². The van der Waals surface area contributed by atoms with Gasteiger partial charge < -0.3 is 0 Å². The Labute approximate surface area is 102 Å². The van der Waals surface area contributed by atoms with Crippen LogP contribution in [0.5, 0.6) is 0 Å². The maximum absolute atomic E-state index is 3.50. The van der Waals surface area contributed by atoms with Gasteiger partial charge in [-0.15, -0.1) is 0 Å².